The highest BCUT2D eigenvalue weighted by molar-refractivity contribution is 7.13. The van der Waals surface area contributed by atoms with Crippen LogP contribution in [0.15, 0.2) is 5.51 Å². The van der Waals surface area contributed by atoms with Crippen LogP contribution in [0.25, 0.3) is 0 Å². The van der Waals surface area contributed by atoms with Crippen molar-refractivity contribution in [1.29, 1.82) is 0 Å². The molecule has 1 heterocycles. The summed E-state index contributed by atoms with van der Waals surface area (Å²) in [7, 11) is 0. The lowest BCUT2D eigenvalue weighted by molar-refractivity contribution is -0.137. The van der Waals surface area contributed by atoms with Crippen molar-refractivity contribution in [3.8, 4) is 0 Å². The molecule has 2 N–H and O–H groups in total. The number of nitrogens with zero attached hydrogens (tertiary/aromatic N) is 3. The summed E-state index contributed by atoms with van der Waals surface area (Å²) in [5.74, 6) is -1.05. The molecule has 0 aliphatic rings. The number of hydrogen-bond acceptors (Lipinski definition) is 5. The Morgan fingerprint density at radius 3 is 2.87 bits per heavy atom. The van der Waals surface area contributed by atoms with Crippen LogP contribution in [-0.4, -0.2) is 45.3 Å². The Labute approximate surface area is 89.7 Å². The van der Waals surface area contributed by atoms with E-state index in [2.05, 4.69) is 15.5 Å². The number of aromatic nitrogens is 2. The van der Waals surface area contributed by atoms with Crippen LogP contribution in [0.4, 0.5) is 9.93 Å². The van der Waals surface area contributed by atoms with E-state index in [9.17, 15) is 9.59 Å². The molecule has 82 valence electrons. The SMILES string of the molecule is CCN(CC(=O)O)C(=O)Nc1nncs1. The van der Waals surface area contributed by atoms with Crippen molar-refractivity contribution in [2.45, 2.75) is 6.92 Å². The summed E-state index contributed by atoms with van der Waals surface area (Å²) in [6.07, 6.45) is 0. The molecule has 0 spiro atoms. The Hall–Kier alpha value is -1.70. The number of nitrogens with one attached hydrogen (secondary N) is 1. The monoisotopic (exact) mass is 230 g/mol. The van der Waals surface area contributed by atoms with Crippen molar-refractivity contribution in [3.05, 3.63) is 5.51 Å². The first-order valence-corrected chi connectivity index (χ1v) is 5.05. The highest BCUT2D eigenvalue weighted by atomic mass is 32.1. The number of anilines is 1. The van der Waals surface area contributed by atoms with Crippen molar-refractivity contribution in [2.75, 3.05) is 18.4 Å². The predicted octanol–water partition coefficient (Wildman–Crippen LogP) is 0.476. The topological polar surface area (TPSA) is 95.4 Å². The van der Waals surface area contributed by atoms with Gasteiger partial charge in [-0.05, 0) is 6.92 Å². The van der Waals surface area contributed by atoms with Gasteiger partial charge in [0.1, 0.15) is 12.1 Å². The van der Waals surface area contributed by atoms with Crippen LogP contribution in [0.5, 0.6) is 0 Å². The van der Waals surface area contributed by atoms with Crippen molar-refractivity contribution >= 4 is 28.5 Å². The van der Waals surface area contributed by atoms with Crippen LogP contribution in [-0.2, 0) is 4.79 Å². The number of carboxylic acids is 1. The summed E-state index contributed by atoms with van der Waals surface area (Å²) in [5.41, 5.74) is 1.48. The van der Waals surface area contributed by atoms with Gasteiger partial charge in [-0.2, -0.15) is 0 Å². The standard InChI is InChI=1S/C7H10N4O3S/c1-2-11(3-5(12)13)7(14)9-6-10-8-4-15-6/h4H,2-3H2,1H3,(H,12,13)(H,9,10,14). The lowest BCUT2D eigenvalue weighted by atomic mass is 10.5. The number of carbonyl (C=O) groups excluding carboxylic acids is 1. The van der Waals surface area contributed by atoms with Gasteiger partial charge in [0, 0.05) is 6.54 Å². The average molecular weight is 230 g/mol. The van der Waals surface area contributed by atoms with E-state index in [1.54, 1.807) is 6.92 Å². The number of carboxylic acid groups (broad SMARTS) is 1. The number of urea groups is 1. The summed E-state index contributed by atoms with van der Waals surface area (Å²) < 4.78 is 0. The Morgan fingerprint density at radius 2 is 2.40 bits per heavy atom. The fourth-order valence-corrected chi connectivity index (χ4v) is 1.32. The first-order chi connectivity index (χ1) is 7.13. The second-order valence-electron chi connectivity index (χ2n) is 2.58. The van der Waals surface area contributed by atoms with Gasteiger partial charge in [-0.3, -0.25) is 10.1 Å². The van der Waals surface area contributed by atoms with Crippen molar-refractivity contribution in [3.63, 3.8) is 0 Å². The molecule has 8 heteroatoms. The lowest BCUT2D eigenvalue weighted by Crippen LogP contribution is -2.38. The lowest BCUT2D eigenvalue weighted by Gasteiger charge is -2.17. The molecule has 0 radical (unpaired) electrons. The number of amides is 2. The van der Waals surface area contributed by atoms with Crippen LogP contribution in [0, 0.1) is 0 Å². The van der Waals surface area contributed by atoms with E-state index < -0.39 is 12.0 Å². The minimum Gasteiger partial charge on any atom is -0.480 e. The maximum atomic E-state index is 11.5. The molecule has 15 heavy (non-hydrogen) atoms. The minimum absolute atomic E-state index is 0.316. The van der Waals surface area contributed by atoms with Gasteiger partial charge in [0.15, 0.2) is 0 Å². The third-order valence-corrected chi connectivity index (χ3v) is 2.18. The van der Waals surface area contributed by atoms with Crippen LogP contribution >= 0.6 is 11.3 Å². The summed E-state index contributed by atoms with van der Waals surface area (Å²) in [6.45, 7) is 1.68. The predicted molar refractivity (Wildman–Crippen MR) is 53.8 cm³/mol. The van der Waals surface area contributed by atoms with Gasteiger partial charge in [0.2, 0.25) is 5.13 Å². The van der Waals surface area contributed by atoms with Gasteiger partial charge in [0.25, 0.3) is 0 Å². The maximum Gasteiger partial charge on any atom is 0.324 e. The van der Waals surface area contributed by atoms with Crippen molar-refractivity contribution < 1.29 is 14.7 Å². The Bertz CT molecular complexity index is 340. The van der Waals surface area contributed by atoms with Crippen molar-refractivity contribution in [2.24, 2.45) is 0 Å². The maximum absolute atomic E-state index is 11.5. The molecule has 1 rings (SSSR count). The largest absolute Gasteiger partial charge is 0.480 e. The summed E-state index contributed by atoms with van der Waals surface area (Å²) >= 11 is 1.17. The second kappa shape index (κ2) is 5.25. The molecular weight excluding hydrogens is 220 g/mol. The average Bonchev–Trinajstić information content (AvgIpc) is 2.66. The van der Waals surface area contributed by atoms with Crippen LogP contribution in [0.1, 0.15) is 6.92 Å². The van der Waals surface area contributed by atoms with Gasteiger partial charge >= 0.3 is 12.0 Å². The third kappa shape index (κ3) is 3.50. The Balaban J connectivity index is 2.54. The highest BCUT2D eigenvalue weighted by Crippen LogP contribution is 2.08. The third-order valence-electron chi connectivity index (χ3n) is 1.57. The molecule has 0 saturated carbocycles. The molecule has 0 saturated heterocycles. The molecule has 2 amide bonds. The van der Waals surface area contributed by atoms with E-state index in [0.717, 1.165) is 4.90 Å². The number of likely N-dealkylation sites (N-methyl/N-ethyl adjacent to an activating group) is 1. The zero-order valence-electron chi connectivity index (χ0n) is 8.01. The van der Waals surface area contributed by atoms with Crippen molar-refractivity contribution in [1.82, 2.24) is 15.1 Å². The molecule has 1 aromatic heterocycles. The molecule has 0 atom stereocenters. The van der Waals surface area contributed by atoms with E-state index in [0.29, 0.717) is 11.7 Å². The minimum atomic E-state index is -1.05. The van der Waals surface area contributed by atoms with Crippen LogP contribution < -0.4 is 5.32 Å². The summed E-state index contributed by atoms with van der Waals surface area (Å²) in [5, 5.41) is 18.5. The molecular formula is C7H10N4O3S. The Kier molecular flexibility index (Phi) is 3.98. The highest BCUT2D eigenvalue weighted by Gasteiger charge is 2.15. The normalized spacial score (nSPS) is 9.67. The van der Waals surface area contributed by atoms with E-state index in [-0.39, 0.29) is 6.54 Å². The quantitative estimate of drug-likeness (QED) is 0.784. The van der Waals surface area contributed by atoms with Crippen LogP contribution in [0.3, 0.4) is 0 Å². The fourth-order valence-electron chi connectivity index (χ4n) is 0.889. The summed E-state index contributed by atoms with van der Waals surface area (Å²) in [6, 6.07) is -0.489. The molecule has 0 bridgehead atoms. The second-order valence-corrected chi connectivity index (χ2v) is 3.42. The van der Waals surface area contributed by atoms with Gasteiger partial charge in [-0.25, -0.2) is 4.79 Å². The molecule has 0 aliphatic heterocycles. The number of aliphatic carboxylic acids is 1. The molecule has 0 aromatic carbocycles. The number of hydrogen-bond donors (Lipinski definition) is 2. The zero-order valence-corrected chi connectivity index (χ0v) is 8.82. The van der Waals surface area contributed by atoms with E-state index in [4.69, 9.17) is 5.11 Å². The Morgan fingerprint density at radius 1 is 1.67 bits per heavy atom. The molecule has 0 aliphatic carbocycles. The molecule has 1 aromatic rings. The molecule has 0 fully saturated rings. The zero-order chi connectivity index (χ0) is 11.3. The first kappa shape index (κ1) is 11.4. The molecule has 7 nitrogen and oxygen atoms in total. The first-order valence-electron chi connectivity index (χ1n) is 4.17. The fraction of sp³-hybridized carbons (Fsp3) is 0.429. The van der Waals surface area contributed by atoms with E-state index in [1.165, 1.54) is 16.8 Å². The van der Waals surface area contributed by atoms with Crippen LogP contribution in [0.2, 0.25) is 0 Å². The summed E-state index contributed by atoms with van der Waals surface area (Å²) in [4.78, 5) is 23.1. The number of carbonyl (C=O) groups is 2. The van der Waals surface area contributed by atoms with E-state index in [1.807, 2.05) is 0 Å². The smallest absolute Gasteiger partial charge is 0.324 e. The van der Waals surface area contributed by atoms with Gasteiger partial charge in [0.05, 0.1) is 0 Å². The van der Waals surface area contributed by atoms with Gasteiger partial charge in [-0.1, -0.05) is 11.3 Å². The van der Waals surface area contributed by atoms with E-state index >= 15 is 0 Å². The van der Waals surface area contributed by atoms with Gasteiger partial charge < -0.3 is 10.0 Å². The van der Waals surface area contributed by atoms with Gasteiger partial charge in [-0.15, -0.1) is 10.2 Å². The number of rotatable bonds is 4. The molecule has 0 unspecified atom stereocenters.